The molecule has 0 amide bonds. The normalized spacial score (nSPS) is 12.4. The van der Waals surface area contributed by atoms with Crippen LogP contribution in [0.3, 0.4) is 0 Å². The summed E-state index contributed by atoms with van der Waals surface area (Å²) in [5.41, 5.74) is 0.688. The van der Waals surface area contributed by atoms with Crippen molar-refractivity contribution in [1.82, 2.24) is 5.32 Å². The lowest BCUT2D eigenvalue weighted by molar-refractivity contribution is 0.543. The van der Waals surface area contributed by atoms with Crippen LogP contribution < -0.4 is 5.32 Å². The van der Waals surface area contributed by atoms with Crippen molar-refractivity contribution in [1.29, 1.82) is 0 Å². The van der Waals surface area contributed by atoms with E-state index in [1.54, 1.807) is 12.1 Å². The molecule has 106 valence electrons. The van der Waals surface area contributed by atoms with Crippen LogP contribution in [0.1, 0.15) is 24.1 Å². The van der Waals surface area contributed by atoms with Gasteiger partial charge in [-0.15, -0.1) is 0 Å². The van der Waals surface area contributed by atoms with E-state index in [2.05, 4.69) is 21.2 Å². The van der Waals surface area contributed by atoms with Crippen LogP contribution in [0.5, 0.6) is 0 Å². The standard InChI is InChI=1S/C15H13BrF3N/c1-2-20-15(9-5-11(17)8-12(18)6-9)13-7-10(16)3-4-14(13)19/h3-8,15,20H,2H2,1H3. The summed E-state index contributed by atoms with van der Waals surface area (Å²) in [4.78, 5) is 0. The lowest BCUT2D eigenvalue weighted by atomic mass is 9.98. The summed E-state index contributed by atoms with van der Waals surface area (Å²) in [5, 5.41) is 3.04. The maximum absolute atomic E-state index is 14.0. The Morgan fingerprint density at radius 1 is 1.05 bits per heavy atom. The molecular weight excluding hydrogens is 331 g/mol. The Bertz CT molecular complexity index is 596. The van der Waals surface area contributed by atoms with Crippen LogP contribution in [-0.4, -0.2) is 6.54 Å². The number of hydrogen-bond donors (Lipinski definition) is 1. The quantitative estimate of drug-likeness (QED) is 0.857. The fourth-order valence-electron chi connectivity index (χ4n) is 2.09. The number of nitrogens with one attached hydrogen (secondary N) is 1. The van der Waals surface area contributed by atoms with E-state index < -0.39 is 23.5 Å². The van der Waals surface area contributed by atoms with Crippen molar-refractivity contribution in [2.45, 2.75) is 13.0 Å². The first-order valence-corrected chi connectivity index (χ1v) is 6.95. The van der Waals surface area contributed by atoms with Crippen molar-refractivity contribution in [2.75, 3.05) is 6.54 Å². The van der Waals surface area contributed by atoms with Gasteiger partial charge in [-0.2, -0.15) is 0 Å². The van der Waals surface area contributed by atoms with Crippen molar-refractivity contribution in [3.63, 3.8) is 0 Å². The van der Waals surface area contributed by atoms with Gasteiger partial charge in [-0.3, -0.25) is 0 Å². The lowest BCUT2D eigenvalue weighted by Crippen LogP contribution is -2.23. The minimum absolute atomic E-state index is 0.339. The zero-order valence-corrected chi connectivity index (χ0v) is 12.3. The van der Waals surface area contributed by atoms with Crippen molar-refractivity contribution >= 4 is 15.9 Å². The zero-order valence-electron chi connectivity index (χ0n) is 10.8. The Morgan fingerprint density at radius 2 is 1.70 bits per heavy atom. The second kappa shape index (κ2) is 6.41. The molecule has 2 rings (SSSR count). The maximum Gasteiger partial charge on any atom is 0.128 e. The van der Waals surface area contributed by atoms with Crippen LogP contribution in [0.15, 0.2) is 40.9 Å². The number of halogens is 4. The Kier molecular flexibility index (Phi) is 4.83. The van der Waals surface area contributed by atoms with Crippen LogP contribution >= 0.6 is 15.9 Å². The minimum Gasteiger partial charge on any atom is -0.306 e. The van der Waals surface area contributed by atoms with E-state index in [0.717, 1.165) is 6.07 Å². The molecule has 0 aliphatic carbocycles. The Hall–Kier alpha value is -1.33. The van der Waals surface area contributed by atoms with Gasteiger partial charge >= 0.3 is 0 Å². The van der Waals surface area contributed by atoms with Crippen molar-refractivity contribution in [2.24, 2.45) is 0 Å². The average Bonchev–Trinajstić information content (AvgIpc) is 2.38. The van der Waals surface area contributed by atoms with E-state index >= 15 is 0 Å². The minimum atomic E-state index is -0.682. The predicted molar refractivity (Wildman–Crippen MR) is 76.0 cm³/mol. The number of hydrogen-bond acceptors (Lipinski definition) is 1. The van der Waals surface area contributed by atoms with Gasteiger partial charge in [0.15, 0.2) is 0 Å². The summed E-state index contributed by atoms with van der Waals surface area (Å²) >= 11 is 3.27. The van der Waals surface area contributed by atoms with Gasteiger partial charge in [-0.1, -0.05) is 22.9 Å². The lowest BCUT2D eigenvalue weighted by Gasteiger charge is -2.20. The van der Waals surface area contributed by atoms with Gasteiger partial charge in [-0.05, 0) is 42.4 Å². The first kappa shape index (κ1) is 15.1. The Labute approximate surface area is 123 Å². The van der Waals surface area contributed by atoms with E-state index in [1.165, 1.54) is 18.2 Å². The summed E-state index contributed by atoms with van der Waals surface area (Å²) in [6, 6.07) is 7.10. The molecule has 0 aliphatic heterocycles. The monoisotopic (exact) mass is 343 g/mol. The first-order chi connectivity index (χ1) is 9.51. The first-order valence-electron chi connectivity index (χ1n) is 6.15. The topological polar surface area (TPSA) is 12.0 Å². The largest absolute Gasteiger partial charge is 0.306 e. The van der Waals surface area contributed by atoms with Gasteiger partial charge in [-0.25, -0.2) is 13.2 Å². The molecule has 1 atom stereocenters. The smallest absolute Gasteiger partial charge is 0.128 e. The second-order valence-corrected chi connectivity index (χ2v) is 5.27. The summed E-state index contributed by atoms with van der Waals surface area (Å²) in [5.74, 6) is -1.79. The third kappa shape index (κ3) is 3.41. The molecule has 0 heterocycles. The summed E-state index contributed by atoms with van der Waals surface area (Å²) in [6.45, 7) is 2.38. The molecule has 0 aromatic heterocycles. The third-order valence-corrected chi connectivity index (χ3v) is 3.39. The van der Waals surface area contributed by atoms with E-state index in [-0.39, 0.29) is 0 Å². The highest BCUT2D eigenvalue weighted by Crippen LogP contribution is 2.28. The van der Waals surface area contributed by atoms with Gasteiger partial charge in [0, 0.05) is 16.1 Å². The van der Waals surface area contributed by atoms with Gasteiger partial charge < -0.3 is 5.32 Å². The highest BCUT2D eigenvalue weighted by Gasteiger charge is 2.19. The third-order valence-electron chi connectivity index (χ3n) is 2.90. The van der Waals surface area contributed by atoms with Crippen molar-refractivity contribution in [3.05, 3.63) is 69.4 Å². The van der Waals surface area contributed by atoms with Crippen LogP contribution in [0.25, 0.3) is 0 Å². The molecule has 0 saturated heterocycles. The van der Waals surface area contributed by atoms with E-state index in [1.807, 2.05) is 6.92 Å². The molecule has 0 spiro atoms. The molecule has 0 radical (unpaired) electrons. The summed E-state index contributed by atoms with van der Waals surface area (Å²) in [6.07, 6.45) is 0. The molecular formula is C15H13BrF3N. The van der Waals surface area contributed by atoms with Crippen LogP contribution in [0, 0.1) is 17.5 Å². The molecule has 0 fully saturated rings. The van der Waals surface area contributed by atoms with Crippen molar-refractivity contribution in [3.8, 4) is 0 Å². The average molecular weight is 344 g/mol. The molecule has 1 nitrogen and oxygen atoms in total. The highest BCUT2D eigenvalue weighted by atomic mass is 79.9. The maximum atomic E-state index is 14.0. The Morgan fingerprint density at radius 3 is 2.30 bits per heavy atom. The molecule has 20 heavy (non-hydrogen) atoms. The van der Waals surface area contributed by atoms with Crippen LogP contribution in [-0.2, 0) is 0 Å². The number of rotatable bonds is 4. The molecule has 5 heteroatoms. The fraction of sp³-hybridized carbons (Fsp3) is 0.200. The van der Waals surface area contributed by atoms with Gasteiger partial charge in [0.1, 0.15) is 17.5 Å². The molecule has 2 aromatic carbocycles. The van der Waals surface area contributed by atoms with E-state index in [9.17, 15) is 13.2 Å². The molecule has 2 aromatic rings. The number of benzene rings is 2. The zero-order chi connectivity index (χ0) is 14.7. The van der Waals surface area contributed by atoms with Crippen LogP contribution in [0.4, 0.5) is 13.2 Å². The van der Waals surface area contributed by atoms with Crippen molar-refractivity contribution < 1.29 is 13.2 Å². The van der Waals surface area contributed by atoms with Gasteiger partial charge in [0.2, 0.25) is 0 Å². The highest BCUT2D eigenvalue weighted by molar-refractivity contribution is 9.10. The molecule has 1 unspecified atom stereocenters. The van der Waals surface area contributed by atoms with Gasteiger partial charge in [0.05, 0.1) is 6.04 Å². The second-order valence-electron chi connectivity index (χ2n) is 4.36. The fourth-order valence-corrected chi connectivity index (χ4v) is 2.47. The van der Waals surface area contributed by atoms with E-state index in [0.29, 0.717) is 22.1 Å². The summed E-state index contributed by atoms with van der Waals surface area (Å²) in [7, 11) is 0. The Balaban J connectivity index is 2.52. The van der Waals surface area contributed by atoms with Gasteiger partial charge in [0.25, 0.3) is 0 Å². The van der Waals surface area contributed by atoms with Crippen LogP contribution in [0.2, 0.25) is 0 Å². The molecule has 1 N–H and O–H groups in total. The van der Waals surface area contributed by atoms with E-state index in [4.69, 9.17) is 0 Å². The molecule has 0 aliphatic rings. The SMILES string of the molecule is CCNC(c1cc(F)cc(F)c1)c1cc(Br)ccc1F. The molecule has 0 bridgehead atoms. The molecule has 0 saturated carbocycles. The predicted octanol–water partition coefficient (Wildman–Crippen LogP) is 4.57. The summed E-state index contributed by atoms with van der Waals surface area (Å²) < 4.78 is 41.4.